The molecule has 0 aromatic heterocycles. The average Bonchev–Trinajstić information content (AvgIpc) is 3.06. The number of carbonyl (C=O) groups is 1. The van der Waals surface area contributed by atoms with E-state index in [0.29, 0.717) is 11.5 Å². The third-order valence-corrected chi connectivity index (χ3v) is 4.99. The second-order valence-electron chi connectivity index (χ2n) is 5.28. The molecule has 6 heteroatoms. The topological polar surface area (TPSA) is 63.2 Å². The minimum absolute atomic E-state index is 0.0455. The largest absolute Gasteiger partial charge is 0.349 e. The first-order chi connectivity index (χ1) is 9.32. The van der Waals surface area contributed by atoms with E-state index in [-0.39, 0.29) is 16.8 Å². The maximum absolute atomic E-state index is 12.2. The molecule has 1 amide bonds. The van der Waals surface area contributed by atoms with Gasteiger partial charge in [-0.2, -0.15) is 0 Å². The van der Waals surface area contributed by atoms with E-state index in [1.54, 1.807) is 13.0 Å². The number of halogens is 1. The monoisotopic (exact) mass is 315 g/mol. The Hall–Kier alpha value is -1.07. The molecule has 0 aliphatic heterocycles. The van der Waals surface area contributed by atoms with Gasteiger partial charge in [0, 0.05) is 22.3 Å². The lowest BCUT2D eigenvalue weighted by Crippen LogP contribution is -2.27. The highest BCUT2D eigenvalue weighted by atomic mass is 35.7. The Morgan fingerprint density at radius 3 is 2.75 bits per heavy atom. The zero-order chi connectivity index (χ0) is 14.9. The van der Waals surface area contributed by atoms with Crippen LogP contribution in [0.2, 0.25) is 0 Å². The number of aryl methyl sites for hydroxylation is 1. The van der Waals surface area contributed by atoms with Gasteiger partial charge in [-0.05, 0) is 43.4 Å². The lowest BCUT2D eigenvalue weighted by molar-refractivity contribution is 0.0948. The first kappa shape index (κ1) is 15.3. The number of hydrogen-bond donors (Lipinski definition) is 1. The molecule has 0 saturated heterocycles. The predicted molar refractivity (Wildman–Crippen MR) is 78.5 cm³/mol. The minimum Gasteiger partial charge on any atom is -0.349 e. The van der Waals surface area contributed by atoms with Gasteiger partial charge in [0.25, 0.3) is 15.0 Å². The molecule has 2 atom stereocenters. The Morgan fingerprint density at radius 1 is 1.45 bits per heavy atom. The van der Waals surface area contributed by atoms with Crippen molar-refractivity contribution in [2.24, 2.45) is 5.92 Å². The Bertz CT molecular complexity index is 627. The van der Waals surface area contributed by atoms with E-state index in [2.05, 4.69) is 12.2 Å². The van der Waals surface area contributed by atoms with Crippen molar-refractivity contribution in [3.05, 3.63) is 29.3 Å². The molecule has 0 spiro atoms. The van der Waals surface area contributed by atoms with Crippen molar-refractivity contribution in [3.8, 4) is 0 Å². The Kier molecular flexibility index (Phi) is 4.39. The number of benzene rings is 1. The summed E-state index contributed by atoms with van der Waals surface area (Å²) < 4.78 is 22.6. The van der Waals surface area contributed by atoms with Crippen LogP contribution in [0.25, 0.3) is 0 Å². The third kappa shape index (κ3) is 3.52. The molecule has 0 bridgehead atoms. The molecule has 0 radical (unpaired) electrons. The van der Waals surface area contributed by atoms with Crippen LogP contribution in [-0.2, 0) is 9.05 Å². The highest BCUT2D eigenvalue weighted by Gasteiger charge is 2.37. The first-order valence-electron chi connectivity index (χ1n) is 6.69. The van der Waals surface area contributed by atoms with E-state index < -0.39 is 9.05 Å². The van der Waals surface area contributed by atoms with Gasteiger partial charge in [-0.1, -0.05) is 19.4 Å². The van der Waals surface area contributed by atoms with Crippen molar-refractivity contribution in [1.29, 1.82) is 0 Å². The predicted octanol–water partition coefficient (Wildman–Crippen LogP) is 2.84. The molecule has 4 nitrogen and oxygen atoms in total. The van der Waals surface area contributed by atoms with E-state index in [0.717, 1.165) is 24.8 Å². The van der Waals surface area contributed by atoms with Crippen LogP contribution in [0.4, 0.5) is 0 Å². The van der Waals surface area contributed by atoms with Crippen molar-refractivity contribution in [3.63, 3.8) is 0 Å². The van der Waals surface area contributed by atoms with Gasteiger partial charge < -0.3 is 5.32 Å². The van der Waals surface area contributed by atoms with Crippen molar-refractivity contribution < 1.29 is 13.2 Å². The molecule has 1 saturated carbocycles. The molecule has 20 heavy (non-hydrogen) atoms. The van der Waals surface area contributed by atoms with E-state index in [1.807, 2.05) is 0 Å². The van der Waals surface area contributed by atoms with E-state index in [1.165, 1.54) is 12.1 Å². The number of hydrogen-bond acceptors (Lipinski definition) is 3. The van der Waals surface area contributed by atoms with Crippen LogP contribution in [0.15, 0.2) is 23.1 Å². The molecule has 1 aromatic rings. The highest BCUT2D eigenvalue weighted by molar-refractivity contribution is 8.13. The average molecular weight is 316 g/mol. The zero-order valence-corrected chi connectivity index (χ0v) is 13.1. The van der Waals surface area contributed by atoms with Gasteiger partial charge in [0.2, 0.25) is 0 Å². The van der Waals surface area contributed by atoms with Crippen molar-refractivity contribution >= 4 is 25.6 Å². The van der Waals surface area contributed by atoms with Crippen LogP contribution in [0, 0.1) is 12.8 Å². The van der Waals surface area contributed by atoms with Crippen LogP contribution in [-0.4, -0.2) is 20.4 Å². The third-order valence-electron chi connectivity index (χ3n) is 3.63. The number of amides is 1. The molecule has 1 N–H and O–H groups in total. The summed E-state index contributed by atoms with van der Waals surface area (Å²) in [5.41, 5.74) is 1.10. The van der Waals surface area contributed by atoms with Crippen molar-refractivity contribution in [2.75, 3.05) is 0 Å². The molecule has 2 unspecified atom stereocenters. The maximum Gasteiger partial charge on any atom is 0.261 e. The summed E-state index contributed by atoms with van der Waals surface area (Å²) >= 11 is 0. The van der Waals surface area contributed by atoms with Crippen molar-refractivity contribution in [1.82, 2.24) is 5.32 Å². The summed E-state index contributed by atoms with van der Waals surface area (Å²) in [4.78, 5) is 12.2. The molecule has 1 aliphatic rings. The second-order valence-corrected chi connectivity index (χ2v) is 7.84. The lowest BCUT2D eigenvalue weighted by Gasteiger charge is -2.08. The molecular weight excluding hydrogens is 298 g/mol. The van der Waals surface area contributed by atoms with Gasteiger partial charge in [-0.3, -0.25) is 4.79 Å². The summed E-state index contributed by atoms with van der Waals surface area (Å²) in [5, 5.41) is 2.95. The zero-order valence-electron chi connectivity index (χ0n) is 11.5. The molecule has 110 valence electrons. The van der Waals surface area contributed by atoms with Crippen LogP contribution in [0.1, 0.15) is 42.1 Å². The fourth-order valence-corrected chi connectivity index (χ4v) is 3.13. The van der Waals surface area contributed by atoms with Gasteiger partial charge in [0.05, 0.1) is 4.90 Å². The van der Waals surface area contributed by atoms with E-state index in [9.17, 15) is 13.2 Å². The van der Waals surface area contributed by atoms with Gasteiger partial charge in [0.15, 0.2) is 0 Å². The first-order valence-corrected chi connectivity index (χ1v) is 9.00. The van der Waals surface area contributed by atoms with Gasteiger partial charge in [-0.25, -0.2) is 8.42 Å². The summed E-state index contributed by atoms with van der Waals surface area (Å²) in [5.74, 6) is 0.331. The molecule has 1 fully saturated rings. The Balaban J connectivity index is 2.14. The Morgan fingerprint density at radius 2 is 2.15 bits per heavy atom. The smallest absolute Gasteiger partial charge is 0.261 e. The fraction of sp³-hybridized carbons (Fsp3) is 0.500. The van der Waals surface area contributed by atoms with Gasteiger partial charge in [0.1, 0.15) is 0 Å². The van der Waals surface area contributed by atoms with E-state index >= 15 is 0 Å². The maximum atomic E-state index is 12.2. The summed E-state index contributed by atoms with van der Waals surface area (Å²) in [7, 11) is 1.49. The standard InChI is InChI=1S/C14H18ClNO3S/c1-3-4-10-7-13(10)16-14(17)12-8-11(20(15,18)19)6-5-9(12)2/h5-6,8,10,13H,3-4,7H2,1-2H3,(H,16,17). The van der Waals surface area contributed by atoms with Crippen LogP contribution < -0.4 is 5.32 Å². The van der Waals surface area contributed by atoms with Crippen LogP contribution in [0.5, 0.6) is 0 Å². The summed E-state index contributed by atoms with van der Waals surface area (Å²) in [6.07, 6.45) is 3.22. The fourth-order valence-electron chi connectivity index (χ4n) is 2.36. The normalized spacial score (nSPS) is 21.6. The molecule has 2 rings (SSSR count). The molecule has 1 aromatic carbocycles. The van der Waals surface area contributed by atoms with Crippen LogP contribution >= 0.6 is 10.7 Å². The summed E-state index contributed by atoms with van der Waals surface area (Å²) in [6, 6.07) is 4.56. The second kappa shape index (κ2) is 5.74. The minimum atomic E-state index is -3.82. The Labute approximate surface area is 123 Å². The number of nitrogens with one attached hydrogen (secondary N) is 1. The number of rotatable bonds is 5. The van der Waals surface area contributed by atoms with Gasteiger partial charge in [-0.15, -0.1) is 0 Å². The molecule has 0 heterocycles. The van der Waals surface area contributed by atoms with Gasteiger partial charge >= 0.3 is 0 Å². The van der Waals surface area contributed by atoms with Crippen LogP contribution in [0.3, 0.4) is 0 Å². The van der Waals surface area contributed by atoms with Crippen molar-refractivity contribution in [2.45, 2.75) is 44.0 Å². The molecular formula is C14H18ClNO3S. The van der Waals surface area contributed by atoms with E-state index in [4.69, 9.17) is 10.7 Å². The highest BCUT2D eigenvalue weighted by Crippen LogP contribution is 2.34. The molecule has 1 aliphatic carbocycles. The number of carbonyl (C=O) groups excluding carboxylic acids is 1. The summed E-state index contributed by atoms with van der Waals surface area (Å²) in [6.45, 7) is 3.89. The lowest BCUT2D eigenvalue weighted by atomic mass is 10.1. The SMILES string of the molecule is CCCC1CC1NC(=O)c1cc(S(=O)(=O)Cl)ccc1C. The quantitative estimate of drug-likeness (QED) is 0.850.